The van der Waals surface area contributed by atoms with Crippen molar-refractivity contribution in [1.29, 1.82) is 0 Å². The van der Waals surface area contributed by atoms with Crippen molar-refractivity contribution in [2.45, 2.75) is 18.3 Å². The first-order valence-electron chi connectivity index (χ1n) is 7.36. The monoisotopic (exact) mass is 393 g/mol. The highest BCUT2D eigenvalue weighted by Gasteiger charge is 2.70. The van der Waals surface area contributed by atoms with Crippen LogP contribution in [0.5, 0.6) is 0 Å². The molecule has 0 spiro atoms. The van der Waals surface area contributed by atoms with Crippen molar-refractivity contribution in [2.24, 2.45) is 5.41 Å². The molecule has 6 nitrogen and oxygen atoms in total. The summed E-state index contributed by atoms with van der Waals surface area (Å²) in [6.07, 6.45) is 1.22. The Hall–Kier alpha value is -1.02. The SMILES string of the molecule is CS(=O)(=O)OC[C@]12CN(C(=O)O)CC[C@@]1(c1ccc(Cl)c(Cl)c1)C2. The molecule has 2 atom stereocenters. The van der Waals surface area contributed by atoms with Crippen molar-refractivity contribution in [1.82, 2.24) is 4.90 Å². The maximum Gasteiger partial charge on any atom is 0.407 e. The Morgan fingerprint density at radius 3 is 2.67 bits per heavy atom. The van der Waals surface area contributed by atoms with E-state index >= 15 is 0 Å². The van der Waals surface area contributed by atoms with Gasteiger partial charge in [-0.3, -0.25) is 4.18 Å². The Kier molecular flexibility index (Phi) is 4.27. The molecule has 1 aliphatic heterocycles. The molecule has 1 saturated carbocycles. The number of halogens is 2. The molecule has 1 saturated heterocycles. The minimum atomic E-state index is -3.61. The molecule has 0 aromatic heterocycles. The summed E-state index contributed by atoms with van der Waals surface area (Å²) in [6.45, 7) is 0.574. The van der Waals surface area contributed by atoms with Gasteiger partial charge < -0.3 is 10.0 Å². The number of benzene rings is 1. The summed E-state index contributed by atoms with van der Waals surface area (Å²) in [4.78, 5) is 12.6. The molecule has 9 heteroatoms. The van der Waals surface area contributed by atoms with Gasteiger partial charge in [0.15, 0.2) is 0 Å². The molecule has 1 aliphatic carbocycles. The molecule has 2 aliphatic rings. The van der Waals surface area contributed by atoms with Gasteiger partial charge in [0.2, 0.25) is 0 Å². The Balaban J connectivity index is 1.94. The summed E-state index contributed by atoms with van der Waals surface area (Å²) in [5, 5.41) is 10.1. The van der Waals surface area contributed by atoms with Crippen LogP contribution in [0.4, 0.5) is 4.79 Å². The summed E-state index contributed by atoms with van der Waals surface area (Å²) in [5.74, 6) is 0. The highest BCUT2D eigenvalue weighted by Crippen LogP contribution is 2.69. The largest absolute Gasteiger partial charge is 0.465 e. The van der Waals surface area contributed by atoms with E-state index in [1.165, 1.54) is 4.90 Å². The van der Waals surface area contributed by atoms with Crippen molar-refractivity contribution < 1.29 is 22.5 Å². The van der Waals surface area contributed by atoms with Crippen LogP contribution in [0.25, 0.3) is 0 Å². The van der Waals surface area contributed by atoms with Gasteiger partial charge in [0, 0.05) is 23.9 Å². The topological polar surface area (TPSA) is 83.9 Å². The molecule has 1 amide bonds. The Morgan fingerprint density at radius 1 is 1.38 bits per heavy atom. The van der Waals surface area contributed by atoms with E-state index < -0.39 is 21.6 Å². The second kappa shape index (κ2) is 5.76. The van der Waals surface area contributed by atoms with Crippen molar-refractivity contribution in [3.8, 4) is 0 Å². The van der Waals surface area contributed by atoms with Gasteiger partial charge in [-0.15, -0.1) is 0 Å². The summed E-state index contributed by atoms with van der Waals surface area (Å²) in [5.41, 5.74) is 0.0425. The lowest BCUT2D eigenvalue weighted by Gasteiger charge is -2.36. The van der Waals surface area contributed by atoms with Crippen LogP contribution >= 0.6 is 23.2 Å². The van der Waals surface area contributed by atoms with E-state index in [4.69, 9.17) is 27.4 Å². The van der Waals surface area contributed by atoms with Crippen molar-refractivity contribution in [3.05, 3.63) is 33.8 Å². The van der Waals surface area contributed by atoms with Crippen LogP contribution in [0, 0.1) is 5.41 Å². The molecule has 0 unspecified atom stereocenters. The van der Waals surface area contributed by atoms with E-state index in [0.29, 0.717) is 29.4 Å². The molecule has 132 valence electrons. The maximum absolute atomic E-state index is 11.4. The average molecular weight is 394 g/mol. The van der Waals surface area contributed by atoms with Crippen LogP contribution < -0.4 is 0 Å². The number of fused-ring (bicyclic) bond motifs is 1. The Labute approximate surface area is 150 Å². The van der Waals surface area contributed by atoms with Crippen LogP contribution in [0.1, 0.15) is 18.4 Å². The normalized spacial score (nSPS) is 29.2. The maximum atomic E-state index is 11.4. The lowest BCUT2D eigenvalue weighted by molar-refractivity contribution is 0.0917. The van der Waals surface area contributed by atoms with Crippen LogP contribution in [-0.4, -0.2) is 50.5 Å². The molecule has 3 rings (SSSR count). The third-order valence-corrected chi connectivity index (χ3v) is 6.41. The lowest BCUT2D eigenvalue weighted by Crippen LogP contribution is -2.46. The molecular formula is C15H17Cl2NO5S. The highest BCUT2D eigenvalue weighted by molar-refractivity contribution is 7.85. The number of hydrogen-bond donors (Lipinski definition) is 1. The number of carbonyl (C=O) groups is 1. The molecule has 0 radical (unpaired) electrons. The molecule has 1 aromatic carbocycles. The van der Waals surface area contributed by atoms with Crippen molar-refractivity contribution in [3.63, 3.8) is 0 Å². The third kappa shape index (κ3) is 2.98. The summed E-state index contributed by atoms with van der Waals surface area (Å²) >= 11 is 12.1. The van der Waals surface area contributed by atoms with Crippen LogP contribution in [0.15, 0.2) is 18.2 Å². The quantitative estimate of drug-likeness (QED) is 0.794. The lowest BCUT2D eigenvalue weighted by atomic mass is 9.80. The third-order valence-electron chi connectivity index (χ3n) is 5.12. The van der Waals surface area contributed by atoms with Crippen LogP contribution in [0.2, 0.25) is 10.0 Å². The summed E-state index contributed by atoms with van der Waals surface area (Å²) in [6, 6.07) is 5.35. The molecule has 24 heavy (non-hydrogen) atoms. The Morgan fingerprint density at radius 2 is 2.08 bits per heavy atom. The fourth-order valence-electron chi connectivity index (χ4n) is 3.83. The van der Waals surface area contributed by atoms with Gasteiger partial charge >= 0.3 is 6.09 Å². The van der Waals surface area contributed by atoms with Gasteiger partial charge in [-0.1, -0.05) is 29.3 Å². The summed E-state index contributed by atoms with van der Waals surface area (Å²) < 4.78 is 27.8. The number of likely N-dealkylation sites (tertiary alicyclic amines) is 1. The molecule has 1 aromatic rings. The zero-order chi connectivity index (χ0) is 17.8. The summed E-state index contributed by atoms with van der Waals surface area (Å²) in [7, 11) is -3.61. The van der Waals surface area contributed by atoms with E-state index in [1.54, 1.807) is 12.1 Å². The average Bonchev–Trinajstić information content (AvgIpc) is 3.17. The number of piperidine rings is 1. The van der Waals surface area contributed by atoms with E-state index in [2.05, 4.69) is 0 Å². The first kappa shape index (κ1) is 17.8. The zero-order valence-corrected chi connectivity index (χ0v) is 15.3. The fraction of sp³-hybridized carbons (Fsp3) is 0.533. The van der Waals surface area contributed by atoms with E-state index in [-0.39, 0.29) is 18.6 Å². The number of nitrogens with zero attached hydrogens (tertiary/aromatic N) is 1. The van der Waals surface area contributed by atoms with Crippen molar-refractivity contribution in [2.75, 3.05) is 26.0 Å². The van der Waals surface area contributed by atoms with E-state index in [1.807, 2.05) is 6.07 Å². The van der Waals surface area contributed by atoms with Gasteiger partial charge in [0.1, 0.15) is 0 Å². The number of amides is 1. The minimum Gasteiger partial charge on any atom is -0.465 e. The van der Waals surface area contributed by atoms with Gasteiger partial charge in [-0.05, 0) is 30.5 Å². The Bertz CT molecular complexity index is 799. The molecule has 0 bridgehead atoms. The standard InChI is InChI=1S/C15H17Cl2NO5S/c1-24(21,22)23-9-14-7-15(14,4-5-18(8-14)13(19)20)10-2-3-11(16)12(17)6-10/h2-3,6H,4-5,7-9H2,1H3,(H,19,20)/t14-,15-/m0/s1. The second-order valence-corrected chi connectivity index (χ2v) is 9.05. The van der Waals surface area contributed by atoms with Gasteiger partial charge in [0.25, 0.3) is 10.1 Å². The molecule has 2 fully saturated rings. The van der Waals surface area contributed by atoms with Gasteiger partial charge in [-0.2, -0.15) is 8.42 Å². The van der Waals surface area contributed by atoms with E-state index in [9.17, 15) is 18.3 Å². The first-order chi connectivity index (χ1) is 11.1. The minimum absolute atomic E-state index is 0.0458. The van der Waals surface area contributed by atoms with Crippen molar-refractivity contribution >= 4 is 39.4 Å². The van der Waals surface area contributed by atoms with Crippen LogP contribution in [0.3, 0.4) is 0 Å². The number of carboxylic acid groups (broad SMARTS) is 1. The zero-order valence-electron chi connectivity index (χ0n) is 13.0. The first-order valence-corrected chi connectivity index (χ1v) is 9.94. The predicted octanol–water partition coefficient (Wildman–Crippen LogP) is 2.98. The second-order valence-electron chi connectivity index (χ2n) is 6.59. The molecule has 1 N–H and O–H groups in total. The van der Waals surface area contributed by atoms with Crippen LogP contribution in [-0.2, 0) is 19.7 Å². The number of hydrogen-bond acceptors (Lipinski definition) is 4. The fourth-order valence-corrected chi connectivity index (χ4v) is 4.57. The highest BCUT2D eigenvalue weighted by atomic mass is 35.5. The van der Waals surface area contributed by atoms with Gasteiger partial charge in [-0.25, -0.2) is 4.79 Å². The van der Waals surface area contributed by atoms with E-state index in [0.717, 1.165) is 11.8 Å². The predicted molar refractivity (Wildman–Crippen MR) is 90.2 cm³/mol. The molecular weight excluding hydrogens is 377 g/mol. The number of rotatable bonds is 4. The van der Waals surface area contributed by atoms with Gasteiger partial charge in [0.05, 0.1) is 22.9 Å². The smallest absolute Gasteiger partial charge is 0.407 e. The molecule has 1 heterocycles.